The number of carbonyl (C=O) groups excluding carboxylic acids is 2. The van der Waals surface area contributed by atoms with Crippen LogP contribution < -0.4 is 23.4 Å². The van der Waals surface area contributed by atoms with Gasteiger partial charge in [-0.25, -0.2) is 4.42 Å². The first-order valence-corrected chi connectivity index (χ1v) is 10.7. The fourth-order valence-electron chi connectivity index (χ4n) is 2.83. The van der Waals surface area contributed by atoms with E-state index < -0.39 is 17.7 Å². The van der Waals surface area contributed by atoms with Crippen molar-refractivity contribution >= 4 is 46.4 Å². The molecule has 9 nitrogen and oxygen atoms in total. The number of rotatable bonds is 11. The third kappa shape index (κ3) is 6.06. The highest BCUT2D eigenvalue weighted by Gasteiger charge is 2.31. The summed E-state index contributed by atoms with van der Waals surface area (Å²) in [5, 5.41) is 8.08. The molecule has 178 valence electrons. The van der Waals surface area contributed by atoms with Crippen molar-refractivity contribution in [2.24, 2.45) is 10.2 Å². The Morgan fingerprint density at radius 2 is 1.70 bits per heavy atom. The Labute approximate surface area is 202 Å². The van der Waals surface area contributed by atoms with Crippen LogP contribution in [0.15, 0.2) is 40.6 Å². The lowest BCUT2D eigenvalue weighted by Crippen LogP contribution is -2.36. The first-order chi connectivity index (χ1) is 15.8. The van der Waals surface area contributed by atoms with E-state index in [2.05, 4.69) is 10.2 Å². The molecule has 2 aromatic rings. The van der Waals surface area contributed by atoms with Gasteiger partial charge < -0.3 is 18.9 Å². The minimum Gasteiger partial charge on any atom is -0.493 e. The highest BCUT2D eigenvalue weighted by Crippen LogP contribution is 2.42. The molecule has 0 aliphatic carbocycles. The molecule has 2 aromatic carbocycles. The third-order valence-electron chi connectivity index (χ3n) is 4.32. The molecule has 1 amide bonds. The number of ketones is 1. The van der Waals surface area contributed by atoms with Crippen LogP contribution in [-0.2, 0) is 9.59 Å². The Kier molecular flexibility index (Phi) is 9.74. The Balaban J connectivity index is 2.39. The second kappa shape index (κ2) is 12.3. The Bertz CT molecular complexity index is 1030. The van der Waals surface area contributed by atoms with Crippen LogP contribution in [0.3, 0.4) is 0 Å². The maximum Gasteiger partial charge on any atom is 0.276 e. The molecule has 0 spiro atoms. The van der Waals surface area contributed by atoms with Gasteiger partial charge in [0.1, 0.15) is 16.4 Å². The van der Waals surface area contributed by atoms with E-state index >= 15 is 0 Å². The SMILES string of the molecule is CCOc1ccc(N=NC(C(C)=O)C(=O)N(Cl)c2cccc(OC)c2OC)c(Cl)c1OCC. The van der Waals surface area contributed by atoms with Gasteiger partial charge in [-0.15, -0.1) is 0 Å². The molecule has 0 N–H and O–H groups in total. The van der Waals surface area contributed by atoms with Gasteiger partial charge in [-0.3, -0.25) is 9.59 Å². The summed E-state index contributed by atoms with van der Waals surface area (Å²) in [6.45, 7) is 5.60. The van der Waals surface area contributed by atoms with E-state index in [1.54, 1.807) is 31.2 Å². The summed E-state index contributed by atoms with van der Waals surface area (Å²) in [5.74, 6) is -0.0738. The van der Waals surface area contributed by atoms with E-state index in [4.69, 9.17) is 42.3 Å². The molecule has 0 heterocycles. The number of hydrogen-bond donors (Lipinski definition) is 0. The fourth-order valence-corrected chi connectivity index (χ4v) is 3.30. The average molecular weight is 498 g/mol. The zero-order valence-corrected chi connectivity index (χ0v) is 20.4. The first-order valence-electron chi connectivity index (χ1n) is 10.0. The highest BCUT2D eigenvalue weighted by atomic mass is 35.5. The second-order valence-electron chi connectivity index (χ2n) is 6.45. The Morgan fingerprint density at radius 1 is 1.00 bits per heavy atom. The first kappa shape index (κ1) is 26.2. The molecular formula is C22H25Cl2N3O6. The number of ether oxygens (including phenoxy) is 4. The van der Waals surface area contributed by atoms with Crippen molar-refractivity contribution < 1.29 is 28.5 Å². The number of halogens is 2. The van der Waals surface area contributed by atoms with Gasteiger partial charge in [0.15, 0.2) is 28.8 Å². The van der Waals surface area contributed by atoms with Gasteiger partial charge in [-0.05, 0) is 45.0 Å². The summed E-state index contributed by atoms with van der Waals surface area (Å²) < 4.78 is 22.3. The number of para-hydroxylation sites is 1. The summed E-state index contributed by atoms with van der Waals surface area (Å²) in [7, 11) is 2.86. The maximum atomic E-state index is 13.0. The van der Waals surface area contributed by atoms with E-state index in [0.717, 1.165) is 4.42 Å². The number of benzene rings is 2. The third-order valence-corrected chi connectivity index (χ3v) is 5.03. The van der Waals surface area contributed by atoms with Crippen LogP contribution in [0.25, 0.3) is 0 Å². The van der Waals surface area contributed by atoms with Crippen molar-refractivity contribution in [1.82, 2.24) is 0 Å². The maximum absolute atomic E-state index is 13.0. The molecule has 33 heavy (non-hydrogen) atoms. The van der Waals surface area contributed by atoms with Crippen LogP contribution in [-0.4, -0.2) is 45.2 Å². The molecule has 0 aromatic heterocycles. The summed E-state index contributed by atoms with van der Waals surface area (Å²) >= 11 is 12.7. The number of anilines is 1. The van der Waals surface area contributed by atoms with Crippen molar-refractivity contribution in [2.75, 3.05) is 31.9 Å². The smallest absolute Gasteiger partial charge is 0.276 e. The van der Waals surface area contributed by atoms with Crippen molar-refractivity contribution in [2.45, 2.75) is 26.8 Å². The number of azo groups is 1. The van der Waals surface area contributed by atoms with Crippen LogP contribution in [0.1, 0.15) is 20.8 Å². The Hall–Kier alpha value is -3.04. The lowest BCUT2D eigenvalue weighted by Gasteiger charge is -2.20. The van der Waals surface area contributed by atoms with Gasteiger partial charge in [0, 0.05) is 11.8 Å². The van der Waals surface area contributed by atoms with Crippen molar-refractivity contribution in [3.8, 4) is 23.0 Å². The predicted octanol–water partition coefficient (Wildman–Crippen LogP) is 5.38. The lowest BCUT2D eigenvalue weighted by atomic mass is 10.2. The normalized spacial score (nSPS) is 11.7. The van der Waals surface area contributed by atoms with E-state index in [9.17, 15) is 9.59 Å². The second-order valence-corrected chi connectivity index (χ2v) is 7.17. The number of nitrogens with zero attached hydrogens (tertiary/aromatic N) is 3. The zero-order valence-electron chi connectivity index (χ0n) is 18.9. The molecule has 2 rings (SSSR count). The molecular weight excluding hydrogens is 473 g/mol. The zero-order chi connectivity index (χ0) is 24.5. The average Bonchev–Trinajstić information content (AvgIpc) is 2.81. The van der Waals surface area contributed by atoms with Crippen LogP contribution in [0.2, 0.25) is 5.02 Å². The van der Waals surface area contributed by atoms with Gasteiger partial charge in [-0.2, -0.15) is 10.2 Å². The number of Topliss-reactive ketones (excluding diaryl/α,β-unsaturated/α-hetero) is 1. The molecule has 0 fully saturated rings. The molecule has 11 heteroatoms. The van der Waals surface area contributed by atoms with E-state index in [1.807, 2.05) is 6.92 Å². The van der Waals surface area contributed by atoms with E-state index in [1.165, 1.54) is 27.2 Å². The number of amides is 1. The number of methoxy groups -OCH3 is 2. The van der Waals surface area contributed by atoms with Gasteiger partial charge in [0.25, 0.3) is 5.91 Å². The number of hydrogen-bond acceptors (Lipinski definition) is 8. The Morgan fingerprint density at radius 3 is 2.27 bits per heavy atom. The van der Waals surface area contributed by atoms with Gasteiger partial charge in [0.2, 0.25) is 6.04 Å². The molecule has 0 bridgehead atoms. The molecule has 0 radical (unpaired) electrons. The quantitative estimate of drug-likeness (QED) is 0.234. The lowest BCUT2D eigenvalue weighted by molar-refractivity contribution is -0.126. The van der Waals surface area contributed by atoms with Crippen molar-refractivity contribution in [3.05, 3.63) is 35.4 Å². The number of carbonyl (C=O) groups is 2. The molecule has 0 aliphatic rings. The minimum absolute atomic E-state index is 0.137. The van der Waals surface area contributed by atoms with Crippen LogP contribution in [0, 0.1) is 0 Å². The summed E-state index contributed by atoms with van der Waals surface area (Å²) in [6.07, 6.45) is 0. The van der Waals surface area contributed by atoms with E-state index in [-0.39, 0.29) is 22.1 Å². The standard InChI is InChI=1S/C22H25Cl2N3O6/c1-6-32-17-12-11-14(18(23)21(17)33-7-2)25-26-19(13(3)28)22(29)27(24)15-9-8-10-16(30-4)20(15)31-5/h8-12,19H,6-7H2,1-5H3. The largest absolute Gasteiger partial charge is 0.493 e. The van der Waals surface area contributed by atoms with E-state index in [0.29, 0.717) is 30.5 Å². The van der Waals surface area contributed by atoms with Gasteiger partial charge in [0.05, 0.1) is 27.4 Å². The van der Waals surface area contributed by atoms with Crippen LogP contribution >= 0.6 is 23.4 Å². The predicted molar refractivity (Wildman–Crippen MR) is 126 cm³/mol. The summed E-state index contributed by atoms with van der Waals surface area (Å²) in [5.41, 5.74) is 0.380. The van der Waals surface area contributed by atoms with Crippen LogP contribution in [0.5, 0.6) is 23.0 Å². The molecule has 1 unspecified atom stereocenters. The minimum atomic E-state index is -1.52. The molecule has 0 saturated carbocycles. The topological polar surface area (TPSA) is 99.0 Å². The van der Waals surface area contributed by atoms with Crippen molar-refractivity contribution in [3.63, 3.8) is 0 Å². The monoisotopic (exact) mass is 497 g/mol. The highest BCUT2D eigenvalue weighted by molar-refractivity contribution is 6.39. The molecule has 0 saturated heterocycles. The summed E-state index contributed by atoms with van der Waals surface area (Å²) in [4.78, 5) is 25.2. The van der Waals surface area contributed by atoms with Crippen molar-refractivity contribution in [1.29, 1.82) is 0 Å². The summed E-state index contributed by atoms with van der Waals surface area (Å²) in [6, 6.07) is 6.45. The fraction of sp³-hybridized carbons (Fsp3) is 0.364. The van der Waals surface area contributed by atoms with Gasteiger partial charge >= 0.3 is 0 Å². The van der Waals surface area contributed by atoms with Crippen LogP contribution in [0.4, 0.5) is 11.4 Å². The van der Waals surface area contributed by atoms with Gasteiger partial charge in [-0.1, -0.05) is 17.7 Å². The molecule has 0 aliphatic heterocycles. The molecule has 1 atom stereocenters.